The van der Waals surface area contributed by atoms with Crippen LogP contribution in [0.2, 0.25) is 0 Å². The van der Waals surface area contributed by atoms with Crippen LogP contribution >= 0.6 is 0 Å². The molecular weight excluding hydrogens is 400 g/mol. The Morgan fingerprint density at radius 3 is 2.33 bits per heavy atom. The quantitative estimate of drug-likeness (QED) is 0.739. The maximum atomic E-state index is 13.5. The van der Waals surface area contributed by atoms with E-state index in [-0.39, 0.29) is 11.3 Å². The van der Waals surface area contributed by atoms with E-state index in [9.17, 15) is 8.42 Å². The summed E-state index contributed by atoms with van der Waals surface area (Å²) in [4.78, 5) is 2.77. The highest BCUT2D eigenvalue weighted by atomic mass is 32.2. The van der Waals surface area contributed by atoms with Gasteiger partial charge in [0.15, 0.2) is 0 Å². The Kier molecular flexibility index (Phi) is 5.53. The van der Waals surface area contributed by atoms with Crippen LogP contribution in [0.4, 0.5) is 0 Å². The Morgan fingerprint density at radius 1 is 1.13 bits per heavy atom. The average molecular weight is 433 g/mol. The lowest BCUT2D eigenvalue weighted by Crippen LogP contribution is -2.46. The second-order valence-electron chi connectivity index (χ2n) is 9.13. The zero-order chi connectivity index (χ0) is 21.7. The smallest absolute Gasteiger partial charge is 0.243 e. The first-order valence-corrected chi connectivity index (χ1v) is 12.2. The third-order valence-corrected chi connectivity index (χ3v) is 9.03. The third kappa shape index (κ3) is 3.59. The molecule has 1 unspecified atom stereocenters. The third-order valence-electron chi connectivity index (χ3n) is 6.82. The summed E-state index contributed by atoms with van der Waals surface area (Å²) in [5, 5.41) is 8.49. The summed E-state index contributed by atoms with van der Waals surface area (Å²) < 4.78 is 34.5. The van der Waals surface area contributed by atoms with Gasteiger partial charge >= 0.3 is 0 Å². The van der Waals surface area contributed by atoms with E-state index < -0.39 is 10.0 Å². The number of nitrogens with zero attached hydrogens (tertiary/aromatic N) is 4. The van der Waals surface area contributed by atoms with Crippen LogP contribution in [0.1, 0.15) is 54.2 Å². The minimum Gasteiger partial charge on any atom is -0.425 e. The molecule has 0 amide bonds. The van der Waals surface area contributed by atoms with Crippen LogP contribution in [0.5, 0.6) is 0 Å². The normalized spacial score (nSPS) is 22.8. The van der Waals surface area contributed by atoms with Crippen molar-refractivity contribution in [3.8, 4) is 0 Å². The first-order valence-electron chi connectivity index (χ1n) is 10.7. The standard InChI is InChI=1S/C22H32N4O3S/c1-6-19-23-24-21(29-19)18-13-25(5)14-22(18)7-9-26(10-8-22)30(27,28)20-16(3)11-15(2)12-17(20)4/h11-12,18H,6-10,13-14H2,1-5H3. The molecule has 1 aromatic carbocycles. The van der Waals surface area contributed by atoms with Gasteiger partial charge in [-0.3, -0.25) is 0 Å². The zero-order valence-electron chi connectivity index (χ0n) is 18.6. The van der Waals surface area contributed by atoms with Crippen LogP contribution in [0.3, 0.4) is 0 Å². The zero-order valence-corrected chi connectivity index (χ0v) is 19.4. The first kappa shape index (κ1) is 21.5. The predicted molar refractivity (Wildman–Crippen MR) is 115 cm³/mol. The Morgan fingerprint density at radius 2 is 1.77 bits per heavy atom. The van der Waals surface area contributed by atoms with Crippen molar-refractivity contribution in [1.29, 1.82) is 0 Å². The summed E-state index contributed by atoms with van der Waals surface area (Å²) in [7, 11) is -1.40. The van der Waals surface area contributed by atoms with Crippen molar-refractivity contribution in [3.05, 3.63) is 40.6 Å². The van der Waals surface area contributed by atoms with Crippen molar-refractivity contribution >= 4 is 10.0 Å². The fourth-order valence-electron chi connectivity index (χ4n) is 5.49. The summed E-state index contributed by atoms with van der Waals surface area (Å²) in [6.07, 6.45) is 2.33. The molecule has 1 spiro atoms. The first-order chi connectivity index (χ1) is 14.2. The van der Waals surface area contributed by atoms with Crippen molar-refractivity contribution in [2.45, 2.75) is 57.8 Å². The minimum absolute atomic E-state index is 0.0182. The largest absolute Gasteiger partial charge is 0.425 e. The van der Waals surface area contributed by atoms with Gasteiger partial charge in [0, 0.05) is 32.6 Å². The molecule has 0 radical (unpaired) electrons. The molecular formula is C22H32N4O3S. The molecule has 0 aliphatic carbocycles. The Hall–Kier alpha value is -1.77. The van der Waals surface area contributed by atoms with E-state index in [0.717, 1.165) is 49.0 Å². The molecule has 1 atom stereocenters. The number of benzene rings is 1. The Balaban J connectivity index is 1.58. The molecule has 164 valence electrons. The number of hydrogen-bond acceptors (Lipinski definition) is 6. The minimum atomic E-state index is -3.51. The van der Waals surface area contributed by atoms with E-state index >= 15 is 0 Å². The van der Waals surface area contributed by atoms with Gasteiger partial charge in [-0.2, -0.15) is 4.31 Å². The van der Waals surface area contributed by atoms with Crippen molar-refractivity contribution in [2.24, 2.45) is 5.41 Å². The number of likely N-dealkylation sites (N-methyl/N-ethyl adjacent to an activating group) is 1. The summed E-state index contributed by atoms with van der Waals surface area (Å²) in [6.45, 7) is 10.6. The van der Waals surface area contributed by atoms with Gasteiger partial charge in [-0.1, -0.05) is 24.6 Å². The lowest BCUT2D eigenvalue weighted by Gasteiger charge is -2.41. The Labute approximate surface area is 179 Å². The van der Waals surface area contributed by atoms with Crippen LogP contribution in [0.25, 0.3) is 0 Å². The molecule has 2 aromatic rings. The second-order valence-corrected chi connectivity index (χ2v) is 11.0. The van der Waals surface area contributed by atoms with Crippen LogP contribution < -0.4 is 0 Å². The molecule has 7 nitrogen and oxygen atoms in total. The number of aromatic nitrogens is 2. The number of rotatable bonds is 4. The highest BCUT2D eigenvalue weighted by Crippen LogP contribution is 2.49. The van der Waals surface area contributed by atoms with E-state index in [1.807, 2.05) is 39.8 Å². The summed E-state index contributed by atoms with van der Waals surface area (Å²) >= 11 is 0. The van der Waals surface area contributed by atoms with E-state index in [0.29, 0.717) is 29.8 Å². The Bertz CT molecular complexity index is 1020. The lowest BCUT2D eigenvalue weighted by molar-refractivity contribution is 0.134. The van der Waals surface area contributed by atoms with Gasteiger partial charge < -0.3 is 9.32 Å². The molecule has 0 saturated carbocycles. The number of aryl methyl sites for hydroxylation is 4. The SMILES string of the molecule is CCc1nnc(C2CN(C)CC23CCN(S(=O)(=O)c2c(C)cc(C)cc2C)CC3)o1. The summed E-state index contributed by atoms with van der Waals surface area (Å²) in [5.41, 5.74) is 2.72. The van der Waals surface area contributed by atoms with Crippen molar-refractivity contribution in [1.82, 2.24) is 19.4 Å². The predicted octanol–water partition coefficient (Wildman–Crippen LogP) is 3.06. The molecule has 2 fully saturated rings. The van der Waals surface area contributed by atoms with Gasteiger partial charge in [0.25, 0.3) is 0 Å². The maximum Gasteiger partial charge on any atom is 0.243 e. The van der Waals surface area contributed by atoms with Crippen molar-refractivity contribution < 1.29 is 12.8 Å². The molecule has 3 heterocycles. The van der Waals surface area contributed by atoms with Gasteiger partial charge in [-0.15, -0.1) is 10.2 Å². The number of piperidine rings is 1. The van der Waals surface area contributed by atoms with Crippen LogP contribution in [-0.4, -0.2) is 61.0 Å². The number of likely N-dealkylation sites (tertiary alicyclic amines) is 1. The van der Waals surface area contributed by atoms with Gasteiger partial charge in [0.05, 0.1) is 10.8 Å². The molecule has 0 bridgehead atoms. The van der Waals surface area contributed by atoms with Crippen molar-refractivity contribution in [2.75, 3.05) is 33.2 Å². The molecule has 0 N–H and O–H groups in total. The topological polar surface area (TPSA) is 79.5 Å². The molecule has 4 rings (SSSR count). The molecule has 1 aromatic heterocycles. The lowest BCUT2D eigenvalue weighted by atomic mass is 9.71. The second kappa shape index (κ2) is 7.73. The average Bonchev–Trinajstić information content (AvgIpc) is 3.25. The van der Waals surface area contributed by atoms with Crippen molar-refractivity contribution in [3.63, 3.8) is 0 Å². The van der Waals surface area contributed by atoms with E-state index in [1.54, 1.807) is 4.31 Å². The van der Waals surface area contributed by atoms with Crippen LogP contribution in [-0.2, 0) is 16.4 Å². The highest BCUT2D eigenvalue weighted by molar-refractivity contribution is 7.89. The fraction of sp³-hybridized carbons (Fsp3) is 0.636. The number of sulfonamides is 1. The van der Waals surface area contributed by atoms with E-state index in [2.05, 4.69) is 22.1 Å². The molecule has 2 aliphatic heterocycles. The van der Waals surface area contributed by atoms with E-state index in [1.165, 1.54) is 0 Å². The summed E-state index contributed by atoms with van der Waals surface area (Å²) in [6, 6.07) is 3.91. The highest BCUT2D eigenvalue weighted by Gasteiger charge is 2.51. The van der Waals surface area contributed by atoms with Crippen LogP contribution in [0.15, 0.2) is 21.4 Å². The van der Waals surface area contributed by atoms with Gasteiger partial charge in [0.1, 0.15) is 0 Å². The van der Waals surface area contributed by atoms with Gasteiger partial charge in [-0.25, -0.2) is 8.42 Å². The van der Waals surface area contributed by atoms with Gasteiger partial charge in [0.2, 0.25) is 21.8 Å². The van der Waals surface area contributed by atoms with Crippen LogP contribution in [0, 0.1) is 26.2 Å². The fourth-order valence-corrected chi connectivity index (χ4v) is 7.34. The molecule has 2 saturated heterocycles. The number of hydrogen-bond donors (Lipinski definition) is 0. The molecule has 30 heavy (non-hydrogen) atoms. The molecule has 2 aliphatic rings. The van der Waals surface area contributed by atoms with Gasteiger partial charge in [-0.05, 0) is 57.2 Å². The van der Waals surface area contributed by atoms with E-state index in [4.69, 9.17) is 4.42 Å². The summed E-state index contributed by atoms with van der Waals surface area (Å²) in [5.74, 6) is 1.53. The maximum absolute atomic E-state index is 13.5. The molecule has 8 heteroatoms. The monoisotopic (exact) mass is 432 g/mol.